The number of nitrogens with one attached hydrogen (secondary N) is 1. The van der Waals surface area contributed by atoms with Crippen LogP contribution in [0.1, 0.15) is 22.3 Å². The highest BCUT2D eigenvalue weighted by Crippen LogP contribution is 2.17. The number of amides is 1. The van der Waals surface area contributed by atoms with Crippen LogP contribution in [-0.4, -0.2) is 42.5 Å². The van der Waals surface area contributed by atoms with Gasteiger partial charge in [0.2, 0.25) is 0 Å². The van der Waals surface area contributed by atoms with Crippen molar-refractivity contribution in [3.8, 4) is 5.75 Å². The molecule has 0 fully saturated rings. The van der Waals surface area contributed by atoms with Crippen molar-refractivity contribution in [2.75, 3.05) is 20.3 Å². The molecule has 0 saturated heterocycles. The Kier molecular flexibility index (Phi) is 5.61. The standard InChI is InChI=1S/C13H19NO4/c1-9-3-4-11(12(16)7-9)13(17)14-6-5-10(15)8-18-2/h3-4,7,10,15-16H,5-6,8H2,1-2H3,(H,14,17). The van der Waals surface area contributed by atoms with Gasteiger partial charge < -0.3 is 20.3 Å². The zero-order valence-corrected chi connectivity index (χ0v) is 10.6. The molecule has 0 spiro atoms. The first-order chi connectivity index (χ1) is 8.54. The van der Waals surface area contributed by atoms with E-state index in [9.17, 15) is 15.0 Å². The normalized spacial score (nSPS) is 12.2. The fraction of sp³-hybridized carbons (Fsp3) is 0.462. The number of aliphatic hydroxyl groups excluding tert-OH is 1. The number of ether oxygens (including phenoxy) is 1. The molecule has 0 aliphatic rings. The number of hydrogen-bond acceptors (Lipinski definition) is 4. The SMILES string of the molecule is COCC(O)CCNC(=O)c1ccc(C)cc1O. The predicted octanol–water partition coefficient (Wildman–Crippen LogP) is 0.828. The lowest BCUT2D eigenvalue weighted by atomic mass is 10.1. The predicted molar refractivity (Wildman–Crippen MR) is 67.7 cm³/mol. The van der Waals surface area contributed by atoms with Crippen LogP contribution in [0.5, 0.6) is 5.75 Å². The number of aromatic hydroxyl groups is 1. The van der Waals surface area contributed by atoms with Gasteiger partial charge in [0.25, 0.3) is 5.91 Å². The highest BCUT2D eigenvalue weighted by Gasteiger charge is 2.11. The number of phenolic OH excluding ortho intramolecular Hbond substituents is 1. The molecule has 0 heterocycles. The van der Waals surface area contributed by atoms with Gasteiger partial charge in [-0.3, -0.25) is 4.79 Å². The highest BCUT2D eigenvalue weighted by atomic mass is 16.5. The minimum absolute atomic E-state index is 0.0371. The molecular weight excluding hydrogens is 234 g/mol. The zero-order chi connectivity index (χ0) is 13.5. The van der Waals surface area contributed by atoms with Gasteiger partial charge >= 0.3 is 0 Å². The summed E-state index contributed by atoms with van der Waals surface area (Å²) < 4.78 is 4.78. The van der Waals surface area contributed by atoms with Gasteiger partial charge in [0.1, 0.15) is 5.75 Å². The highest BCUT2D eigenvalue weighted by molar-refractivity contribution is 5.96. The monoisotopic (exact) mass is 253 g/mol. The third-order valence-corrected chi connectivity index (χ3v) is 2.52. The van der Waals surface area contributed by atoms with E-state index >= 15 is 0 Å². The summed E-state index contributed by atoms with van der Waals surface area (Å²) in [5.74, 6) is -0.387. The van der Waals surface area contributed by atoms with Crippen LogP contribution in [0.2, 0.25) is 0 Å². The summed E-state index contributed by atoms with van der Waals surface area (Å²) in [6, 6.07) is 4.87. The number of rotatable bonds is 6. The van der Waals surface area contributed by atoms with Crippen molar-refractivity contribution >= 4 is 5.91 Å². The molecule has 100 valence electrons. The van der Waals surface area contributed by atoms with Gasteiger partial charge in [0, 0.05) is 13.7 Å². The van der Waals surface area contributed by atoms with E-state index in [4.69, 9.17) is 4.74 Å². The second-order valence-corrected chi connectivity index (χ2v) is 4.17. The Labute approximate surface area is 106 Å². The van der Waals surface area contributed by atoms with E-state index in [2.05, 4.69) is 5.32 Å². The van der Waals surface area contributed by atoms with Crippen LogP contribution < -0.4 is 5.32 Å². The molecule has 0 aliphatic heterocycles. The molecule has 3 N–H and O–H groups in total. The Balaban J connectivity index is 2.45. The number of aryl methyl sites for hydroxylation is 1. The molecule has 18 heavy (non-hydrogen) atoms. The van der Waals surface area contributed by atoms with Crippen molar-refractivity contribution in [3.05, 3.63) is 29.3 Å². The topological polar surface area (TPSA) is 78.8 Å². The number of phenols is 1. The molecule has 1 aromatic carbocycles. The smallest absolute Gasteiger partial charge is 0.255 e. The number of hydrogen-bond donors (Lipinski definition) is 3. The van der Waals surface area contributed by atoms with Crippen LogP contribution in [0.25, 0.3) is 0 Å². The second-order valence-electron chi connectivity index (χ2n) is 4.17. The first-order valence-electron chi connectivity index (χ1n) is 5.79. The van der Waals surface area contributed by atoms with Crippen molar-refractivity contribution in [1.29, 1.82) is 0 Å². The molecule has 5 nitrogen and oxygen atoms in total. The summed E-state index contributed by atoms with van der Waals surface area (Å²) in [6.07, 6.45) is -0.187. The Bertz CT molecular complexity index is 406. The minimum atomic E-state index is -0.595. The first-order valence-corrected chi connectivity index (χ1v) is 5.79. The zero-order valence-electron chi connectivity index (χ0n) is 10.6. The van der Waals surface area contributed by atoms with Gasteiger partial charge in [-0.25, -0.2) is 0 Å². The average molecular weight is 253 g/mol. The Morgan fingerprint density at radius 2 is 2.22 bits per heavy atom. The Morgan fingerprint density at radius 1 is 1.50 bits per heavy atom. The van der Waals surface area contributed by atoms with Crippen molar-refractivity contribution < 1.29 is 19.7 Å². The largest absolute Gasteiger partial charge is 0.507 e. The molecule has 0 aromatic heterocycles. The molecule has 1 aromatic rings. The maximum absolute atomic E-state index is 11.7. The maximum atomic E-state index is 11.7. The molecule has 0 saturated carbocycles. The molecular formula is C13H19NO4. The molecule has 1 amide bonds. The fourth-order valence-corrected chi connectivity index (χ4v) is 1.56. The van der Waals surface area contributed by atoms with Gasteiger partial charge in [-0.2, -0.15) is 0 Å². The number of benzene rings is 1. The Morgan fingerprint density at radius 3 is 2.83 bits per heavy atom. The van der Waals surface area contributed by atoms with Gasteiger partial charge in [-0.05, 0) is 31.0 Å². The number of carbonyl (C=O) groups excluding carboxylic acids is 1. The number of methoxy groups -OCH3 is 1. The third-order valence-electron chi connectivity index (χ3n) is 2.52. The van der Waals surface area contributed by atoms with E-state index in [1.165, 1.54) is 13.2 Å². The molecule has 0 bridgehead atoms. The van der Waals surface area contributed by atoms with E-state index in [-0.39, 0.29) is 23.8 Å². The van der Waals surface area contributed by atoms with Crippen LogP contribution in [0.3, 0.4) is 0 Å². The number of carbonyl (C=O) groups is 1. The van der Waals surface area contributed by atoms with Gasteiger partial charge in [0.05, 0.1) is 18.3 Å². The number of aliphatic hydroxyl groups is 1. The van der Waals surface area contributed by atoms with E-state index in [0.717, 1.165) is 5.56 Å². The lowest BCUT2D eigenvalue weighted by Crippen LogP contribution is -2.28. The van der Waals surface area contributed by atoms with Gasteiger partial charge in [-0.1, -0.05) is 6.07 Å². The van der Waals surface area contributed by atoms with E-state index in [0.29, 0.717) is 13.0 Å². The van der Waals surface area contributed by atoms with Crippen LogP contribution in [0, 0.1) is 6.92 Å². The van der Waals surface area contributed by atoms with E-state index < -0.39 is 6.10 Å². The molecule has 0 radical (unpaired) electrons. The van der Waals surface area contributed by atoms with Crippen LogP contribution in [0.4, 0.5) is 0 Å². The van der Waals surface area contributed by atoms with Crippen LogP contribution in [0.15, 0.2) is 18.2 Å². The average Bonchev–Trinajstić information content (AvgIpc) is 2.29. The second kappa shape index (κ2) is 6.98. The molecule has 1 atom stereocenters. The minimum Gasteiger partial charge on any atom is -0.507 e. The molecule has 5 heteroatoms. The maximum Gasteiger partial charge on any atom is 0.255 e. The molecule has 0 aliphatic carbocycles. The van der Waals surface area contributed by atoms with E-state index in [1.807, 2.05) is 6.92 Å². The fourth-order valence-electron chi connectivity index (χ4n) is 1.56. The summed E-state index contributed by atoms with van der Waals surface area (Å²) in [6.45, 7) is 2.41. The Hall–Kier alpha value is -1.59. The van der Waals surface area contributed by atoms with Crippen LogP contribution >= 0.6 is 0 Å². The van der Waals surface area contributed by atoms with Crippen LogP contribution in [-0.2, 0) is 4.74 Å². The lowest BCUT2D eigenvalue weighted by Gasteiger charge is -2.10. The quantitative estimate of drug-likeness (QED) is 0.701. The third kappa shape index (κ3) is 4.35. The first kappa shape index (κ1) is 14.5. The summed E-state index contributed by atoms with van der Waals surface area (Å²) in [4.78, 5) is 11.7. The summed E-state index contributed by atoms with van der Waals surface area (Å²) in [7, 11) is 1.51. The summed E-state index contributed by atoms with van der Waals surface area (Å²) in [5.41, 5.74) is 1.13. The van der Waals surface area contributed by atoms with Gasteiger partial charge in [0.15, 0.2) is 0 Å². The van der Waals surface area contributed by atoms with Crippen molar-refractivity contribution in [3.63, 3.8) is 0 Å². The lowest BCUT2D eigenvalue weighted by molar-refractivity contribution is 0.0587. The molecule has 1 unspecified atom stereocenters. The summed E-state index contributed by atoms with van der Waals surface area (Å²) >= 11 is 0. The summed E-state index contributed by atoms with van der Waals surface area (Å²) in [5, 5.41) is 21.7. The van der Waals surface area contributed by atoms with Crippen molar-refractivity contribution in [2.45, 2.75) is 19.4 Å². The van der Waals surface area contributed by atoms with Crippen molar-refractivity contribution in [1.82, 2.24) is 5.32 Å². The van der Waals surface area contributed by atoms with Gasteiger partial charge in [-0.15, -0.1) is 0 Å². The van der Waals surface area contributed by atoms with Crippen molar-refractivity contribution in [2.24, 2.45) is 0 Å². The molecule has 1 rings (SSSR count). The van der Waals surface area contributed by atoms with E-state index in [1.54, 1.807) is 12.1 Å².